The Balaban J connectivity index is 1.65. The Labute approximate surface area is 180 Å². The summed E-state index contributed by atoms with van der Waals surface area (Å²) in [6, 6.07) is 16.4. The van der Waals surface area contributed by atoms with Crippen LogP contribution in [-0.4, -0.2) is 43.5 Å². The molecule has 0 fully saturated rings. The number of aryl methyl sites for hydroxylation is 2. The van der Waals surface area contributed by atoms with Crippen molar-refractivity contribution in [2.75, 3.05) is 0 Å². The molecule has 7 heteroatoms. The lowest BCUT2D eigenvalue weighted by Gasteiger charge is -2.52. The second kappa shape index (κ2) is 6.61. The fraction of sp³-hybridized carbons (Fsp3) is 0.217. The molecule has 0 amide bonds. The lowest BCUT2D eigenvalue weighted by Crippen LogP contribution is -2.65. The van der Waals surface area contributed by atoms with E-state index in [1.54, 1.807) is 10.8 Å². The van der Waals surface area contributed by atoms with E-state index < -0.39 is 10.7 Å². The van der Waals surface area contributed by atoms with Crippen LogP contribution < -0.4 is 5.32 Å². The molecule has 4 aromatic rings. The second-order valence-electron chi connectivity index (χ2n) is 8.18. The number of fused-ring (bicyclic) bond motifs is 2. The van der Waals surface area contributed by atoms with E-state index in [4.69, 9.17) is 23.5 Å². The van der Waals surface area contributed by atoms with Gasteiger partial charge in [0.1, 0.15) is 6.33 Å². The highest BCUT2D eigenvalue weighted by Gasteiger charge is 2.45. The predicted molar refractivity (Wildman–Crippen MR) is 122 cm³/mol. The summed E-state index contributed by atoms with van der Waals surface area (Å²) in [5, 5.41) is 5.11. The molecule has 30 heavy (non-hydrogen) atoms. The van der Waals surface area contributed by atoms with Gasteiger partial charge in [-0.05, 0) is 70.7 Å². The summed E-state index contributed by atoms with van der Waals surface area (Å²) < 4.78 is 1.76. The molecule has 3 heterocycles. The highest BCUT2D eigenvalue weighted by Crippen LogP contribution is 2.42. The Morgan fingerprint density at radius 3 is 2.53 bits per heavy atom. The van der Waals surface area contributed by atoms with E-state index in [2.05, 4.69) is 53.5 Å². The van der Waals surface area contributed by atoms with E-state index in [9.17, 15) is 0 Å². The molecule has 0 saturated carbocycles. The van der Waals surface area contributed by atoms with Crippen LogP contribution in [0.15, 0.2) is 61.1 Å². The fourth-order valence-electron chi connectivity index (χ4n) is 4.28. The van der Waals surface area contributed by atoms with Gasteiger partial charge in [-0.15, -0.1) is 0 Å². The maximum absolute atomic E-state index is 7.00. The molecule has 0 bridgehead atoms. The van der Waals surface area contributed by atoms with Crippen molar-refractivity contribution >= 4 is 29.2 Å². The van der Waals surface area contributed by atoms with Crippen molar-refractivity contribution in [1.82, 2.24) is 19.9 Å². The van der Waals surface area contributed by atoms with Crippen LogP contribution in [0, 0.1) is 13.8 Å². The molecule has 140 valence electrons. The van der Waals surface area contributed by atoms with Crippen LogP contribution in [0.1, 0.15) is 27.8 Å². The van der Waals surface area contributed by atoms with Gasteiger partial charge in [-0.1, -0.05) is 35.7 Å². The van der Waals surface area contributed by atoms with Gasteiger partial charge in [0.05, 0.1) is 23.5 Å². The first-order valence-electron chi connectivity index (χ1n) is 9.92. The number of hydrogen-bond acceptors (Lipinski definition) is 3. The van der Waals surface area contributed by atoms with Crippen molar-refractivity contribution in [3.05, 3.63) is 88.9 Å². The minimum Gasteiger partial charge on any atom is -0.323 e. The average Bonchev–Trinajstić information content (AvgIpc) is 3.20. The zero-order valence-electron chi connectivity index (χ0n) is 17.1. The lowest BCUT2D eigenvalue weighted by atomic mass is 9.36. The van der Waals surface area contributed by atoms with Gasteiger partial charge in [0.2, 0.25) is 0 Å². The summed E-state index contributed by atoms with van der Waals surface area (Å²) in [5.74, 6) is 0. The average molecular weight is 384 g/mol. The van der Waals surface area contributed by atoms with Gasteiger partial charge in [-0.3, -0.25) is 0 Å². The highest BCUT2D eigenvalue weighted by molar-refractivity contribution is 6.46. The Kier molecular flexibility index (Phi) is 4.23. The van der Waals surface area contributed by atoms with Gasteiger partial charge < -0.3 is 5.32 Å². The Bertz CT molecular complexity index is 1280. The van der Waals surface area contributed by atoms with Gasteiger partial charge in [-0.2, -0.15) is 5.10 Å². The first-order chi connectivity index (χ1) is 14.3. The van der Waals surface area contributed by atoms with Crippen LogP contribution in [0.5, 0.6) is 0 Å². The molecule has 1 N–H and O–H groups in total. The first-order valence-corrected chi connectivity index (χ1v) is 9.92. The molecule has 1 aliphatic heterocycles. The normalized spacial score (nSPS) is 20.2. The number of rotatable bonds is 2. The summed E-state index contributed by atoms with van der Waals surface area (Å²) in [5.41, 5.74) is 8.16. The minimum absolute atomic E-state index is 0.533. The van der Waals surface area contributed by atoms with Crippen LogP contribution in [0.2, 0.25) is 0 Å². The topological polar surface area (TPSA) is 42.2 Å². The van der Waals surface area contributed by atoms with Crippen molar-refractivity contribution in [2.24, 2.45) is 0 Å². The SMILES string of the molecule is [B]C1([B])NCc2cc(-c3ccc4ncnn4c3)ccc2C1([B])c1ccc(C)c(C)c1. The number of nitrogens with one attached hydrogen (secondary N) is 1. The van der Waals surface area contributed by atoms with Crippen LogP contribution in [-0.2, 0) is 11.9 Å². The standard InChI is InChI=1S/C23H19B3N4/c1-14-3-6-19(9-15(14)2)22(24)20-7-4-16(10-18(20)11-28-23(22,25)26)17-5-8-21-27-13-29-30(21)12-17/h3-10,12-13,28H,11H2,1-2H3. The van der Waals surface area contributed by atoms with E-state index in [1.165, 1.54) is 5.56 Å². The van der Waals surface area contributed by atoms with E-state index in [0.29, 0.717) is 6.54 Å². The van der Waals surface area contributed by atoms with Gasteiger partial charge in [0.15, 0.2) is 5.65 Å². The zero-order valence-corrected chi connectivity index (χ0v) is 17.1. The number of pyridine rings is 1. The lowest BCUT2D eigenvalue weighted by molar-refractivity contribution is 0.457. The number of hydrogen-bond donors (Lipinski definition) is 1. The first kappa shape index (κ1) is 19.2. The molecule has 6 radical (unpaired) electrons. The predicted octanol–water partition coefficient (Wildman–Crippen LogP) is 2.52. The molecule has 2 aromatic carbocycles. The van der Waals surface area contributed by atoms with Crippen LogP contribution in [0.4, 0.5) is 0 Å². The summed E-state index contributed by atoms with van der Waals surface area (Å²) >= 11 is 0. The smallest absolute Gasteiger partial charge is 0.155 e. The molecule has 2 aromatic heterocycles. The van der Waals surface area contributed by atoms with E-state index >= 15 is 0 Å². The molecular formula is C23H19B3N4. The third kappa shape index (κ3) is 2.76. The molecular weight excluding hydrogens is 365 g/mol. The molecule has 1 unspecified atom stereocenters. The molecule has 4 nitrogen and oxygen atoms in total. The monoisotopic (exact) mass is 384 g/mol. The van der Waals surface area contributed by atoms with Crippen molar-refractivity contribution in [3.63, 3.8) is 0 Å². The fourth-order valence-corrected chi connectivity index (χ4v) is 4.28. The minimum atomic E-state index is -1.29. The zero-order chi connectivity index (χ0) is 21.1. The largest absolute Gasteiger partial charge is 0.323 e. The molecule has 0 spiro atoms. The quantitative estimate of drug-likeness (QED) is 0.541. The Hall–Kier alpha value is -2.79. The molecule has 0 saturated heterocycles. The maximum Gasteiger partial charge on any atom is 0.155 e. The van der Waals surface area contributed by atoms with Gasteiger partial charge >= 0.3 is 0 Å². The number of aromatic nitrogens is 3. The van der Waals surface area contributed by atoms with Gasteiger partial charge in [0.25, 0.3) is 0 Å². The summed E-state index contributed by atoms with van der Waals surface area (Å²) in [6.07, 6.45) is 3.51. The summed E-state index contributed by atoms with van der Waals surface area (Å²) in [6.45, 7) is 4.68. The van der Waals surface area contributed by atoms with Crippen molar-refractivity contribution in [1.29, 1.82) is 0 Å². The maximum atomic E-state index is 7.00. The highest BCUT2D eigenvalue weighted by atomic mass is 15.3. The van der Waals surface area contributed by atoms with E-state index in [1.807, 2.05) is 30.5 Å². The van der Waals surface area contributed by atoms with Gasteiger partial charge in [0, 0.05) is 18.3 Å². The second-order valence-corrected chi connectivity index (χ2v) is 8.18. The van der Waals surface area contributed by atoms with E-state index in [0.717, 1.165) is 39.0 Å². The van der Waals surface area contributed by atoms with Gasteiger partial charge in [-0.25, -0.2) is 9.50 Å². The third-order valence-electron chi connectivity index (χ3n) is 6.32. The molecule has 1 atom stereocenters. The molecule has 0 aliphatic carbocycles. The van der Waals surface area contributed by atoms with Crippen molar-refractivity contribution in [2.45, 2.75) is 31.0 Å². The molecule has 1 aliphatic rings. The van der Waals surface area contributed by atoms with Crippen LogP contribution in [0.25, 0.3) is 16.8 Å². The van der Waals surface area contributed by atoms with Crippen LogP contribution >= 0.6 is 0 Å². The summed E-state index contributed by atoms with van der Waals surface area (Å²) in [4.78, 5) is 4.20. The van der Waals surface area contributed by atoms with Crippen LogP contribution in [0.3, 0.4) is 0 Å². The number of nitrogens with zero attached hydrogens (tertiary/aromatic N) is 3. The Morgan fingerprint density at radius 1 is 0.933 bits per heavy atom. The number of benzene rings is 2. The molecule has 5 rings (SSSR count). The van der Waals surface area contributed by atoms with E-state index in [-0.39, 0.29) is 0 Å². The van der Waals surface area contributed by atoms with Crippen molar-refractivity contribution in [3.8, 4) is 11.1 Å². The third-order valence-corrected chi connectivity index (χ3v) is 6.32. The van der Waals surface area contributed by atoms with Crippen molar-refractivity contribution < 1.29 is 0 Å². The summed E-state index contributed by atoms with van der Waals surface area (Å²) in [7, 11) is 20.0. The Morgan fingerprint density at radius 2 is 1.73 bits per heavy atom.